The molecule has 0 aliphatic heterocycles. The van der Waals surface area contributed by atoms with Gasteiger partial charge in [0, 0.05) is 16.5 Å². The Bertz CT molecular complexity index is 857. The van der Waals surface area contributed by atoms with E-state index in [9.17, 15) is 4.79 Å². The molecule has 0 aliphatic rings. The smallest absolute Gasteiger partial charge is 0.449 e. The average molecular weight is 293 g/mol. The van der Waals surface area contributed by atoms with E-state index < -0.39 is 6.16 Å². The molecule has 0 radical (unpaired) electrons. The van der Waals surface area contributed by atoms with Gasteiger partial charge in [0.25, 0.3) is 0 Å². The van der Waals surface area contributed by atoms with E-state index in [4.69, 9.17) is 9.84 Å². The van der Waals surface area contributed by atoms with Crippen LogP contribution in [-0.2, 0) is 0 Å². The lowest BCUT2D eigenvalue weighted by Gasteiger charge is -2.13. The molecule has 0 saturated heterocycles. The molecule has 0 aliphatic carbocycles. The number of carboxylic acid groups (broad SMARTS) is 1. The first kappa shape index (κ1) is 14.1. The fraction of sp³-hybridized carbons (Fsp3) is 0.111. The van der Waals surface area contributed by atoms with Crippen molar-refractivity contribution in [1.29, 1.82) is 0 Å². The van der Waals surface area contributed by atoms with Crippen LogP contribution in [0.2, 0.25) is 0 Å². The maximum absolute atomic E-state index is 11.1. The first-order valence-electron chi connectivity index (χ1n) is 6.93. The summed E-state index contributed by atoms with van der Waals surface area (Å²) >= 11 is 0. The molecule has 0 bridgehead atoms. The Hall–Kier alpha value is -2.88. The number of hydrogen-bond acceptors (Lipinski definition) is 3. The van der Waals surface area contributed by atoms with Crippen LogP contribution in [0, 0.1) is 13.8 Å². The number of aromatic nitrogens is 1. The van der Waals surface area contributed by atoms with Gasteiger partial charge >= 0.3 is 6.16 Å². The van der Waals surface area contributed by atoms with Crippen LogP contribution in [0.15, 0.2) is 48.5 Å². The monoisotopic (exact) mass is 293 g/mol. The fourth-order valence-corrected chi connectivity index (χ4v) is 2.54. The van der Waals surface area contributed by atoms with Crippen LogP contribution >= 0.6 is 0 Å². The molecule has 2 aromatic carbocycles. The van der Waals surface area contributed by atoms with E-state index >= 15 is 0 Å². The molecule has 4 nitrogen and oxygen atoms in total. The number of pyridine rings is 1. The van der Waals surface area contributed by atoms with Crippen molar-refractivity contribution in [3.8, 4) is 17.0 Å². The van der Waals surface area contributed by atoms with E-state index in [1.165, 1.54) is 0 Å². The molecule has 0 spiro atoms. The summed E-state index contributed by atoms with van der Waals surface area (Å²) in [5.74, 6) is 0.347. The van der Waals surface area contributed by atoms with Crippen molar-refractivity contribution in [3.05, 3.63) is 59.7 Å². The highest BCUT2D eigenvalue weighted by Gasteiger charge is 2.16. The van der Waals surface area contributed by atoms with Gasteiger partial charge in [0.15, 0.2) is 0 Å². The van der Waals surface area contributed by atoms with E-state index in [0.717, 1.165) is 16.8 Å². The Morgan fingerprint density at radius 2 is 1.82 bits per heavy atom. The normalized spacial score (nSPS) is 10.6. The Morgan fingerprint density at radius 1 is 1.09 bits per heavy atom. The molecule has 0 fully saturated rings. The topological polar surface area (TPSA) is 59.4 Å². The third-order valence-electron chi connectivity index (χ3n) is 3.56. The summed E-state index contributed by atoms with van der Waals surface area (Å²) in [6, 6.07) is 15.4. The molecule has 1 aromatic heterocycles. The van der Waals surface area contributed by atoms with Crippen LogP contribution in [0.5, 0.6) is 5.75 Å². The number of aryl methyl sites for hydroxylation is 1. The van der Waals surface area contributed by atoms with E-state index in [2.05, 4.69) is 4.98 Å². The molecule has 22 heavy (non-hydrogen) atoms. The Labute approximate surface area is 128 Å². The summed E-state index contributed by atoms with van der Waals surface area (Å²) in [7, 11) is 0. The van der Waals surface area contributed by atoms with Gasteiger partial charge in [-0.15, -0.1) is 0 Å². The SMILES string of the molecule is Cc1ccc2nc(-c3ccccc3)c(C)c(OC(=O)O)c2c1. The molecule has 1 heterocycles. The first-order chi connectivity index (χ1) is 10.6. The number of rotatable bonds is 2. The van der Waals surface area contributed by atoms with Crippen LogP contribution in [0.4, 0.5) is 4.79 Å². The summed E-state index contributed by atoms with van der Waals surface area (Å²) in [6.07, 6.45) is -1.32. The van der Waals surface area contributed by atoms with Crippen molar-refractivity contribution in [2.75, 3.05) is 0 Å². The molecule has 3 rings (SSSR count). The highest BCUT2D eigenvalue weighted by Crippen LogP contribution is 2.35. The lowest BCUT2D eigenvalue weighted by molar-refractivity contribution is 0.144. The number of benzene rings is 2. The number of fused-ring (bicyclic) bond motifs is 1. The van der Waals surface area contributed by atoms with E-state index in [1.54, 1.807) is 0 Å². The van der Waals surface area contributed by atoms with Crippen molar-refractivity contribution in [2.24, 2.45) is 0 Å². The summed E-state index contributed by atoms with van der Waals surface area (Å²) in [6.45, 7) is 3.78. The molecule has 1 N–H and O–H groups in total. The van der Waals surface area contributed by atoms with Gasteiger partial charge in [-0.2, -0.15) is 0 Å². The molecule has 110 valence electrons. The van der Waals surface area contributed by atoms with E-state index in [-0.39, 0.29) is 0 Å². The van der Waals surface area contributed by atoms with Crippen LogP contribution < -0.4 is 4.74 Å². The van der Waals surface area contributed by atoms with Gasteiger partial charge in [-0.05, 0) is 26.0 Å². The van der Waals surface area contributed by atoms with Crippen LogP contribution in [-0.4, -0.2) is 16.2 Å². The van der Waals surface area contributed by atoms with Gasteiger partial charge in [-0.1, -0.05) is 42.0 Å². The third-order valence-corrected chi connectivity index (χ3v) is 3.56. The van der Waals surface area contributed by atoms with Crippen molar-refractivity contribution in [1.82, 2.24) is 4.98 Å². The standard InChI is InChI=1S/C18H15NO3/c1-11-8-9-15-14(10-11)17(22-18(20)21)12(2)16(19-15)13-6-4-3-5-7-13/h3-10H,1-2H3,(H,20,21). The molecule has 3 aromatic rings. The van der Waals surface area contributed by atoms with E-state index in [0.29, 0.717) is 22.2 Å². The number of carbonyl (C=O) groups is 1. The lowest BCUT2D eigenvalue weighted by atomic mass is 10.0. The zero-order valence-corrected chi connectivity index (χ0v) is 12.3. The molecule has 0 atom stereocenters. The molecule has 0 amide bonds. The molecular weight excluding hydrogens is 278 g/mol. The fourth-order valence-electron chi connectivity index (χ4n) is 2.54. The lowest BCUT2D eigenvalue weighted by Crippen LogP contribution is -2.06. The third kappa shape index (κ3) is 2.51. The van der Waals surface area contributed by atoms with Crippen molar-refractivity contribution in [2.45, 2.75) is 13.8 Å². The number of ether oxygens (including phenoxy) is 1. The molecule has 0 saturated carbocycles. The van der Waals surface area contributed by atoms with Crippen LogP contribution in [0.3, 0.4) is 0 Å². The van der Waals surface area contributed by atoms with Crippen molar-refractivity contribution >= 4 is 17.1 Å². The average Bonchev–Trinajstić information content (AvgIpc) is 2.51. The Balaban J connectivity index is 2.33. The summed E-state index contributed by atoms with van der Waals surface area (Å²) in [5.41, 5.74) is 4.11. The maximum atomic E-state index is 11.1. The van der Waals surface area contributed by atoms with Gasteiger partial charge in [-0.25, -0.2) is 9.78 Å². The number of hydrogen-bond donors (Lipinski definition) is 1. The quantitative estimate of drug-likeness (QED) is 0.703. The molecule has 4 heteroatoms. The zero-order chi connectivity index (χ0) is 15.7. The largest absolute Gasteiger partial charge is 0.511 e. The zero-order valence-electron chi connectivity index (χ0n) is 12.3. The van der Waals surface area contributed by atoms with Crippen molar-refractivity contribution in [3.63, 3.8) is 0 Å². The summed E-state index contributed by atoms with van der Waals surface area (Å²) in [4.78, 5) is 15.7. The highest BCUT2D eigenvalue weighted by molar-refractivity contribution is 5.92. The second kappa shape index (κ2) is 5.48. The Kier molecular flexibility index (Phi) is 3.51. The second-order valence-electron chi connectivity index (χ2n) is 5.17. The predicted octanol–water partition coefficient (Wildman–Crippen LogP) is 4.58. The van der Waals surface area contributed by atoms with Gasteiger partial charge in [0.05, 0.1) is 11.2 Å². The van der Waals surface area contributed by atoms with Crippen LogP contribution in [0.1, 0.15) is 11.1 Å². The first-order valence-corrected chi connectivity index (χ1v) is 6.93. The van der Waals surface area contributed by atoms with Crippen LogP contribution in [0.25, 0.3) is 22.2 Å². The number of nitrogens with zero attached hydrogens (tertiary/aromatic N) is 1. The van der Waals surface area contributed by atoms with Gasteiger partial charge in [0.1, 0.15) is 5.75 Å². The maximum Gasteiger partial charge on any atom is 0.511 e. The van der Waals surface area contributed by atoms with Gasteiger partial charge in [0.2, 0.25) is 0 Å². The minimum absolute atomic E-state index is 0.347. The van der Waals surface area contributed by atoms with Crippen molar-refractivity contribution < 1.29 is 14.6 Å². The van der Waals surface area contributed by atoms with Gasteiger partial charge in [-0.3, -0.25) is 0 Å². The molecule has 0 unspecified atom stereocenters. The summed E-state index contributed by atoms with van der Waals surface area (Å²) in [5, 5.41) is 9.75. The highest BCUT2D eigenvalue weighted by atomic mass is 16.7. The second-order valence-corrected chi connectivity index (χ2v) is 5.17. The minimum atomic E-state index is -1.32. The van der Waals surface area contributed by atoms with E-state index in [1.807, 2.05) is 62.4 Å². The Morgan fingerprint density at radius 3 is 2.50 bits per heavy atom. The van der Waals surface area contributed by atoms with Gasteiger partial charge < -0.3 is 9.84 Å². The molecular formula is C18H15NO3. The summed E-state index contributed by atoms with van der Waals surface area (Å²) < 4.78 is 5.05. The predicted molar refractivity (Wildman–Crippen MR) is 85.3 cm³/mol. The minimum Gasteiger partial charge on any atom is -0.449 e.